The van der Waals surface area contributed by atoms with Crippen molar-refractivity contribution in [1.82, 2.24) is 19.6 Å². The van der Waals surface area contributed by atoms with Crippen LogP contribution in [0, 0.1) is 0 Å². The average molecular weight is 405 g/mol. The number of hydrogen-bond acceptors (Lipinski definition) is 7. The molecule has 3 heterocycles. The predicted octanol–water partition coefficient (Wildman–Crippen LogP) is 1.96. The molecule has 0 unspecified atom stereocenters. The van der Waals surface area contributed by atoms with Gasteiger partial charge in [-0.2, -0.15) is 5.10 Å². The average Bonchev–Trinajstić information content (AvgIpc) is 3.16. The lowest BCUT2D eigenvalue weighted by Crippen LogP contribution is -2.36. The summed E-state index contributed by atoms with van der Waals surface area (Å²) in [7, 11) is 0. The fraction of sp³-hybridized carbons (Fsp3) is 0.312. The summed E-state index contributed by atoms with van der Waals surface area (Å²) in [5.41, 5.74) is 3.35. The monoisotopic (exact) mass is 404 g/mol. The lowest BCUT2D eigenvalue weighted by molar-refractivity contribution is 0.122. The number of fused-ring (bicyclic) bond motifs is 1. The van der Waals surface area contributed by atoms with E-state index in [4.69, 9.17) is 4.74 Å². The van der Waals surface area contributed by atoms with Gasteiger partial charge in [0.15, 0.2) is 11.5 Å². The molecule has 0 radical (unpaired) electrons. The minimum atomic E-state index is -0.0314. The quantitative estimate of drug-likeness (QED) is 0.686. The van der Waals surface area contributed by atoms with E-state index < -0.39 is 0 Å². The van der Waals surface area contributed by atoms with Gasteiger partial charge in [0.2, 0.25) is 0 Å². The zero-order valence-electron chi connectivity index (χ0n) is 13.4. The molecule has 0 saturated carbocycles. The van der Waals surface area contributed by atoms with Crippen LogP contribution in [-0.4, -0.2) is 51.0 Å². The van der Waals surface area contributed by atoms with Crippen LogP contribution >= 0.6 is 15.9 Å². The summed E-state index contributed by atoms with van der Waals surface area (Å²) < 4.78 is 7.78. The molecule has 8 nitrogen and oxygen atoms in total. The minimum Gasteiger partial charge on any atom is -0.392 e. The Bertz CT molecular complexity index is 893. The van der Waals surface area contributed by atoms with Crippen molar-refractivity contribution in [3.8, 4) is 0 Å². The van der Waals surface area contributed by atoms with Crippen LogP contribution in [0.3, 0.4) is 0 Å². The number of benzene rings is 1. The maximum atomic E-state index is 9.78. The van der Waals surface area contributed by atoms with Gasteiger partial charge in [0.05, 0.1) is 26.0 Å². The lowest BCUT2D eigenvalue weighted by Gasteiger charge is -2.30. The maximum absolute atomic E-state index is 9.78. The Morgan fingerprint density at radius 2 is 2.08 bits per heavy atom. The molecular weight excluding hydrogens is 388 g/mol. The van der Waals surface area contributed by atoms with Gasteiger partial charge in [-0.1, -0.05) is 0 Å². The molecule has 2 aromatic heterocycles. The highest BCUT2D eigenvalue weighted by Gasteiger charge is 2.15. The van der Waals surface area contributed by atoms with E-state index in [0.29, 0.717) is 24.7 Å². The third kappa shape index (κ3) is 3.17. The number of morpholine rings is 1. The van der Waals surface area contributed by atoms with E-state index in [1.807, 2.05) is 18.2 Å². The van der Waals surface area contributed by atoms with Gasteiger partial charge in [-0.05, 0) is 34.1 Å². The highest BCUT2D eigenvalue weighted by atomic mass is 79.9. The standard InChI is InChI=1S/C16H17BrN6O2/c17-14-8-18-15(16-19-10-20-23(14)16)21-12-1-2-13(11(7-12)9-24)22-3-5-25-6-4-22/h1-2,7-8,10,24H,3-6,9H2,(H,18,21). The second-order valence-electron chi connectivity index (χ2n) is 5.65. The van der Waals surface area contributed by atoms with Crippen molar-refractivity contribution in [2.45, 2.75) is 6.61 Å². The molecule has 0 spiro atoms. The van der Waals surface area contributed by atoms with Crippen molar-refractivity contribution in [2.24, 2.45) is 0 Å². The number of rotatable bonds is 4. The molecule has 0 atom stereocenters. The molecule has 1 aliphatic heterocycles. The van der Waals surface area contributed by atoms with Crippen LogP contribution in [0.1, 0.15) is 5.56 Å². The summed E-state index contributed by atoms with van der Waals surface area (Å²) in [4.78, 5) is 10.8. The van der Waals surface area contributed by atoms with Crippen molar-refractivity contribution in [1.29, 1.82) is 0 Å². The maximum Gasteiger partial charge on any atom is 0.199 e. The first kappa shape index (κ1) is 16.2. The number of anilines is 3. The Balaban J connectivity index is 1.64. The molecule has 0 aliphatic carbocycles. The van der Waals surface area contributed by atoms with Gasteiger partial charge in [0, 0.05) is 30.0 Å². The van der Waals surface area contributed by atoms with Crippen LogP contribution < -0.4 is 10.2 Å². The molecule has 1 aliphatic rings. The Morgan fingerprint density at radius 1 is 1.24 bits per heavy atom. The van der Waals surface area contributed by atoms with E-state index >= 15 is 0 Å². The molecule has 3 aromatic rings. The molecule has 1 fully saturated rings. The van der Waals surface area contributed by atoms with E-state index in [9.17, 15) is 5.11 Å². The number of halogens is 1. The molecule has 1 aromatic carbocycles. The minimum absolute atomic E-state index is 0.0314. The van der Waals surface area contributed by atoms with Gasteiger partial charge in [-0.3, -0.25) is 0 Å². The second-order valence-corrected chi connectivity index (χ2v) is 6.46. The van der Waals surface area contributed by atoms with Crippen LogP contribution in [-0.2, 0) is 11.3 Å². The van der Waals surface area contributed by atoms with Gasteiger partial charge < -0.3 is 20.1 Å². The third-order valence-electron chi connectivity index (χ3n) is 4.13. The largest absolute Gasteiger partial charge is 0.392 e. The summed E-state index contributed by atoms with van der Waals surface area (Å²) in [6.07, 6.45) is 3.15. The van der Waals surface area contributed by atoms with Gasteiger partial charge in [-0.15, -0.1) is 0 Å². The van der Waals surface area contributed by atoms with E-state index in [1.54, 1.807) is 10.7 Å². The van der Waals surface area contributed by atoms with Gasteiger partial charge in [-0.25, -0.2) is 14.5 Å². The number of aliphatic hydroxyl groups is 1. The lowest BCUT2D eigenvalue weighted by atomic mass is 10.1. The zero-order valence-corrected chi connectivity index (χ0v) is 15.0. The number of aliphatic hydroxyl groups excluding tert-OH is 1. The Morgan fingerprint density at radius 3 is 2.88 bits per heavy atom. The molecule has 2 N–H and O–H groups in total. The van der Waals surface area contributed by atoms with Crippen LogP contribution in [0.15, 0.2) is 35.3 Å². The summed E-state index contributed by atoms with van der Waals surface area (Å²) >= 11 is 3.39. The number of nitrogens with one attached hydrogen (secondary N) is 1. The van der Waals surface area contributed by atoms with Crippen molar-refractivity contribution in [2.75, 3.05) is 36.5 Å². The summed E-state index contributed by atoms with van der Waals surface area (Å²) in [5.74, 6) is 0.601. The number of aromatic nitrogens is 4. The molecule has 4 rings (SSSR count). The second kappa shape index (κ2) is 6.95. The van der Waals surface area contributed by atoms with Crippen molar-refractivity contribution in [3.05, 3.63) is 40.9 Å². The third-order valence-corrected chi connectivity index (χ3v) is 4.67. The smallest absolute Gasteiger partial charge is 0.199 e. The summed E-state index contributed by atoms with van der Waals surface area (Å²) in [6.45, 7) is 3.04. The van der Waals surface area contributed by atoms with Crippen molar-refractivity contribution in [3.63, 3.8) is 0 Å². The number of nitrogens with zero attached hydrogens (tertiary/aromatic N) is 5. The van der Waals surface area contributed by atoms with E-state index in [2.05, 4.69) is 41.2 Å². The predicted molar refractivity (Wildman–Crippen MR) is 97.2 cm³/mol. The van der Waals surface area contributed by atoms with Crippen LogP contribution in [0.25, 0.3) is 5.65 Å². The molecule has 1 saturated heterocycles. The van der Waals surface area contributed by atoms with Crippen molar-refractivity contribution >= 4 is 38.8 Å². The number of ether oxygens (including phenoxy) is 1. The first-order chi connectivity index (χ1) is 12.3. The molecule has 0 bridgehead atoms. The van der Waals surface area contributed by atoms with Gasteiger partial charge >= 0.3 is 0 Å². The van der Waals surface area contributed by atoms with Gasteiger partial charge in [0.25, 0.3) is 0 Å². The Hall–Kier alpha value is -2.23. The van der Waals surface area contributed by atoms with Crippen LogP contribution in [0.4, 0.5) is 17.2 Å². The van der Waals surface area contributed by atoms with Gasteiger partial charge in [0.1, 0.15) is 10.9 Å². The number of hydrogen-bond donors (Lipinski definition) is 2. The van der Waals surface area contributed by atoms with E-state index in [-0.39, 0.29) is 6.61 Å². The fourth-order valence-electron chi connectivity index (χ4n) is 2.92. The highest BCUT2D eigenvalue weighted by molar-refractivity contribution is 9.10. The first-order valence-electron chi connectivity index (χ1n) is 7.94. The molecule has 25 heavy (non-hydrogen) atoms. The summed E-state index contributed by atoms with van der Waals surface area (Å²) in [6, 6.07) is 5.92. The Labute approximate surface area is 152 Å². The van der Waals surface area contributed by atoms with Crippen LogP contribution in [0.2, 0.25) is 0 Å². The van der Waals surface area contributed by atoms with Crippen LogP contribution in [0.5, 0.6) is 0 Å². The highest BCUT2D eigenvalue weighted by Crippen LogP contribution is 2.28. The first-order valence-corrected chi connectivity index (χ1v) is 8.73. The molecule has 0 amide bonds. The summed E-state index contributed by atoms with van der Waals surface area (Å²) in [5, 5.41) is 17.2. The molecule has 130 valence electrons. The van der Waals surface area contributed by atoms with E-state index in [1.165, 1.54) is 6.33 Å². The molecule has 9 heteroatoms. The van der Waals surface area contributed by atoms with E-state index in [0.717, 1.165) is 34.6 Å². The molecular formula is C16H17BrN6O2. The van der Waals surface area contributed by atoms with Crippen molar-refractivity contribution < 1.29 is 9.84 Å². The zero-order chi connectivity index (χ0) is 17.2. The normalized spacial score (nSPS) is 14.9. The topological polar surface area (TPSA) is 87.8 Å². The fourth-order valence-corrected chi connectivity index (χ4v) is 3.28. The SMILES string of the molecule is OCc1cc(Nc2ncc(Br)n3ncnc23)ccc1N1CCOCC1. The Kier molecular flexibility index (Phi) is 4.51.